The molecule has 0 radical (unpaired) electrons. The summed E-state index contributed by atoms with van der Waals surface area (Å²) in [6.07, 6.45) is 5.66. The van der Waals surface area contributed by atoms with Crippen LogP contribution in [0.25, 0.3) is 0 Å². The van der Waals surface area contributed by atoms with Crippen LogP contribution in [0, 0.1) is 0 Å². The monoisotopic (exact) mass is 186 g/mol. The zero-order chi connectivity index (χ0) is 9.73. The molecule has 1 aliphatic rings. The molecular weight excluding hydrogens is 164 g/mol. The summed E-state index contributed by atoms with van der Waals surface area (Å²) in [5.41, 5.74) is 5.96. The van der Waals surface area contributed by atoms with Crippen molar-refractivity contribution in [1.82, 2.24) is 5.32 Å². The summed E-state index contributed by atoms with van der Waals surface area (Å²) in [5.74, 6) is 0. The van der Waals surface area contributed by atoms with Gasteiger partial charge in [-0.15, -0.1) is 0 Å². The van der Waals surface area contributed by atoms with E-state index < -0.39 is 0 Å². The second-order valence-electron chi connectivity index (χ2n) is 4.25. The molecule has 0 aromatic rings. The van der Waals surface area contributed by atoms with E-state index in [1.807, 2.05) is 0 Å². The molecule has 1 fully saturated rings. The third-order valence-electron chi connectivity index (χ3n) is 3.05. The standard InChI is InChI=1S/C10H22N2O/c1-9(4-2-7-13)12-10(8-11)5-3-6-10/h9,12-13H,2-8,11H2,1H3. The first-order chi connectivity index (χ1) is 6.22. The van der Waals surface area contributed by atoms with Gasteiger partial charge >= 0.3 is 0 Å². The highest BCUT2D eigenvalue weighted by Crippen LogP contribution is 2.31. The predicted octanol–water partition coefficient (Wildman–Crippen LogP) is 0.618. The Kier molecular flexibility index (Phi) is 4.16. The van der Waals surface area contributed by atoms with Gasteiger partial charge in [-0.05, 0) is 39.0 Å². The smallest absolute Gasteiger partial charge is 0.0431 e. The Labute approximate surface area is 80.7 Å². The van der Waals surface area contributed by atoms with E-state index >= 15 is 0 Å². The van der Waals surface area contributed by atoms with E-state index in [9.17, 15) is 0 Å². The lowest BCUT2D eigenvalue weighted by Gasteiger charge is -2.44. The average Bonchev–Trinajstić information content (AvgIpc) is 2.08. The third kappa shape index (κ3) is 2.93. The summed E-state index contributed by atoms with van der Waals surface area (Å²) in [6, 6.07) is 0.482. The summed E-state index contributed by atoms with van der Waals surface area (Å²) in [5, 5.41) is 12.3. The summed E-state index contributed by atoms with van der Waals surface area (Å²) in [6.45, 7) is 3.21. The van der Waals surface area contributed by atoms with Crippen molar-refractivity contribution in [2.45, 2.75) is 50.6 Å². The normalized spacial score (nSPS) is 22.4. The van der Waals surface area contributed by atoms with Crippen LogP contribution in [-0.2, 0) is 0 Å². The van der Waals surface area contributed by atoms with Gasteiger partial charge in [0.25, 0.3) is 0 Å². The molecule has 0 spiro atoms. The maximum absolute atomic E-state index is 8.69. The summed E-state index contributed by atoms with van der Waals surface area (Å²) < 4.78 is 0. The van der Waals surface area contributed by atoms with Crippen LogP contribution < -0.4 is 11.1 Å². The molecule has 0 aromatic heterocycles. The topological polar surface area (TPSA) is 58.3 Å². The first-order valence-corrected chi connectivity index (χ1v) is 5.31. The minimum atomic E-state index is 0.231. The van der Waals surface area contributed by atoms with Gasteiger partial charge in [-0.3, -0.25) is 0 Å². The fraction of sp³-hybridized carbons (Fsp3) is 1.00. The van der Waals surface area contributed by atoms with Crippen LogP contribution >= 0.6 is 0 Å². The predicted molar refractivity (Wildman–Crippen MR) is 54.6 cm³/mol. The van der Waals surface area contributed by atoms with Crippen LogP contribution in [0.15, 0.2) is 0 Å². The molecule has 0 bridgehead atoms. The highest BCUT2D eigenvalue weighted by atomic mass is 16.2. The van der Waals surface area contributed by atoms with E-state index in [4.69, 9.17) is 10.8 Å². The molecule has 1 atom stereocenters. The molecule has 1 aliphatic carbocycles. The highest BCUT2D eigenvalue weighted by Gasteiger charge is 2.35. The molecule has 0 aliphatic heterocycles. The van der Waals surface area contributed by atoms with Gasteiger partial charge in [-0.25, -0.2) is 0 Å². The van der Waals surface area contributed by atoms with E-state index in [1.54, 1.807) is 0 Å². The Morgan fingerprint density at radius 3 is 2.62 bits per heavy atom. The lowest BCUT2D eigenvalue weighted by Crippen LogP contribution is -2.58. The molecular formula is C10H22N2O. The van der Waals surface area contributed by atoms with Gasteiger partial charge in [-0.2, -0.15) is 0 Å². The number of aliphatic hydroxyl groups excluding tert-OH is 1. The molecule has 0 saturated heterocycles. The zero-order valence-corrected chi connectivity index (χ0v) is 8.55. The fourth-order valence-electron chi connectivity index (χ4n) is 2.00. The average molecular weight is 186 g/mol. The van der Waals surface area contributed by atoms with Crippen molar-refractivity contribution in [3.8, 4) is 0 Å². The number of nitrogens with two attached hydrogens (primary N) is 1. The lowest BCUT2D eigenvalue weighted by molar-refractivity contribution is 0.167. The van der Waals surface area contributed by atoms with E-state index in [0.29, 0.717) is 12.6 Å². The Balaban J connectivity index is 2.21. The Hall–Kier alpha value is -0.120. The number of hydrogen-bond acceptors (Lipinski definition) is 3. The largest absolute Gasteiger partial charge is 0.396 e. The summed E-state index contributed by atoms with van der Waals surface area (Å²) in [4.78, 5) is 0. The molecule has 13 heavy (non-hydrogen) atoms. The zero-order valence-electron chi connectivity index (χ0n) is 8.55. The van der Waals surface area contributed by atoms with Crippen LogP contribution in [-0.4, -0.2) is 29.8 Å². The molecule has 0 amide bonds. The number of nitrogens with one attached hydrogen (secondary N) is 1. The molecule has 1 unspecified atom stereocenters. The molecule has 0 aromatic carbocycles. The van der Waals surface area contributed by atoms with Crippen molar-refractivity contribution in [3.05, 3.63) is 0 Å². The SMILES string of the molecule is CC(CCCO)NC1(CN)CCC1. The van der Waals surface area contributed by atoms with Crippen molar-refractivity contribution in [2.75, 3.05) is 13.2 Å². The van der Waals surface area contributed by atoms with Crippen LogP contribution in [0.2, 0.25) is 0 Å². The number of hydrogen-bond donors (Lipinski definition) is 3. The molecule has 78 valence electrons. The van der Waals surface area contributed by atoms with Gasteiger partial charge in [0.2, 0.25) is 0 Å². The quantitative estimate of drug-likeness (QED) is 0.570. The fourth-order valence-corrected chi connectivity index (χ4v) is 2.00. The Morgan fingerprint density at radius 1 is 1.54 bits per heavy atom. The van der Waals surface area contributed by atoms with Crippen molar-refractivity contribution in [3.63, 3.8) is 0 Å². The molecule has 0 heterocycles. The van der Waals surface area contributed by atoms with Crippen molar-refractivity contribution in [2.24, 2.45) is 5.73 Å². The van der Waals surface area contributed by atoms with E-state index in [2.05, 4.69) is 12.2 Å². The highest BCUT2D eigenvalue weighted by molar-refractivity contribution is 4.97. The van der Waals surface area contributed by atoms with Crippen molar-refractivity contribution in [1.29, 1.82) is 0 Å². The van der Waals surface area contributed by atoms with Crippen LogP contribution in [0.5, 0.6) is 0 Å². The van der Waals surface area contributed by atoms with E-state index in [0.717, 1.165) is 19.4 Å². The molecule has 3 nitrogen and oxygen atoms in total. The Morgan fingerprint density at radius 2 is 2.23 bits per heavy atom. The van der Waals surface area contributed by atoms with Gasteiger partial charge in [0.05, 0.1) is 0 Å². The van der Waals surface area contributed by atoms with E-state index in [1.165, 1.54) is 19.3 Å². The maximum atomic E-state index is 8.69. The van der Waals surface area contributed by atoms with Gasteiger partial charge < -0.3 is 16.2 Å². The minimum Gasteiger partial charge on any atom is -0.396 e. The van der Waals surface area contributed by atoms with Crippen LogP contribution in [0.4, 0.5) is 0 Å². The van der Waals surface area contributed by atoms with Crippen molar-refractivity contribution < 1.29 is 5.11 Å². The van der Waals surface area contributed by atoms with Gasteiger partial charge in [-0.1, -0.05) is 0 Å². The van der Waals surface area contributed by atoms with Gasteiger partial charge in [0.1, 0.15) is 0 Å². The molecule has 1 saturated carbocycles. The molecule has 1 rings (SSSR count). The van der Waals surface area contributed by atoms with Gasteiger partial charge in [0, 0.05) is 24.7 Å². The summed E-state index contributed by atoms with van der Waals surface area (Å²) in [7, 11) is 0. The second kappa shape index (κ2) is 4.94. The van der Waals surface area contributed by atoms with Crippen LogP contribution in [0.1, 0.15) is 39.0 Å². The minimum absolute atomic E-state index is 0.231. The number of rotatable bonds is 6. The van der Waals surface area contributed by atoms with Crippen LogP contribution in [0.3, 0.4) is 0 Å². The van der Waals surface area contributed by atoms with Gasteiger partial charge in [0.15, 0.2) is 0 Å². The first-order valence-electron chi connectivity index (χ1n) is 5.31. The lowest BCUT2D eigenvalue weighted by atomic mass is 9.76. The molecule has 4 N–H and O–H groups in total. The van der Waals surface area contributed by atoms with Crippen molar-refractivity contribution >= 4 is 0 Å². The maximum Gasteiger partial charge on any atom is 0.0431 e. The third-order valence-corrected chi connectivity index (χ3v) is 3.05. The molecule has 3 heteroatoms. The Bertz CT molecular complexity index is 140. The second-order valence-corrected chi connectivity index (χ2v) is 4.25. The number of aliphatic hydroxyl groups is 1. The summed E-state index contributed by atoms with van der Waals surface area (Å²) >= 11 is 0. The van der Waals surface area contributed by atoms with E-state index in [-0.39, 0.29) is 5.54 Å². The first kappa shape index (κ1) is 11.0.